The third-order valence-corrected chi connectivity index (χ3v) is 7.26. The molecular formula is C29H34FN3O4S. The molecule has 0 heterocycles. The first-order valence-corrected chi connectivity index (χ1v) is 14.4. The van der Waals surface area contributed by atoms with Crippen LogP contribution < -0.4 is 9.62 Å². The minimum absolute atomic E-state index is 0.184. The number of nitrogens with one attached hydrogen (secondary N) is 1. The van der Waals surface area contributed by atoms with Crippen LogP contribution in [0.3, 0.4) is 0 Å². The number of unbranched alkanes of at least 4 members (excludes halogenated alkanes) is 1. The van der Waals surface area contributed by atoms with Crippen molar-refractivity contribution in [2.24, 2.45) is 0 Å². The highest BCUT2D eigenvalue weighted by Gasteiger charge is 2.33. The molecule has 0 unspecified atom stereocenters. The minimum Gasteiger partial charge on any atom is -0.354 e. The standard InChI is InChI=1S/C29H34FN3O4S/c1-3-4-19-31-29(35)27(20-23-13-7-5-8-14-23)32(21-24-15-11-12-18-26(24)30)28(34)22-33(38(2,36)37)25-16-9-6-10-17-25/h5-18,27H,3-4,19-22H2,1-2H3,(H,31,35)/t27-/m0/s1. The van der Waals surface area contributed by atoms with Crippen LogP contribution in [-0.2, 0) is 32.6 Å². The van der Waals surface area contributed by atoms with Gasteiger partial charge in [-0.1, -0.05) is 80.1 Å². The van der Waals surface area contributed by atoms with Gasteiger partial charge >= 0.3 is 0 Å². The van der Waals surface area contributed by atoms with Crippen LogP contribution in [0.1, 0.15) is 30.9 Å². The van der Waals surface area contributed by atoms with E-state index in [0.717, 1.165) is 29.0 Å². The van der Waals surface area contributed by atoms with E-state index >= 15 is 0 Å². The molecule has 1 N–H and O–H groups in total. The first-order chi connectivity index (χ1) is 18.2. The molecule has 0 radical (unpaired) electrons. The number of anilines is 1. The van der Waals surface area contributed by atoms with Crippen LogP contribution in [0, 0.1) is 5.82 Å². The normalized spacial score (nSPS) is 12.0. The summed E-state index contributed by atoms with van der Waals surface area (Å²) in [7, 11) is -3.84. The van der Waals surface area contributed by atoms with E-state index in [0.29, 0.717) is 12.2 Å². The van der Waals surface area contributed by atoms with Gasteiger partial charge < -0.3 is 10.2 Å². The zero-order valence-electron chi connectivity index (χ0n) is 21.7. The fourth-order valence-corrected chi connectivity index (χ4v) is 4.93. The molecule has 3 aromatic rings. The molecule has 0 fully saturated rings. The molecule has 0 bridgehead atoms. The fraction of sp³-hybridized carbons (Fsp3) is 0.310. The quantitative estimate of drug-likeness (QED) is 0.331. The van der Waals surface area contributed by atoms with E-state index in [1.165, 1.54) is 11.0 Å². The predicted octanol–water partition coefficient (Wildman–Crippen LogP) is 4.15. The van der Waals surface area contributed by atoms with Crippen molar-refractivity contribution in [1.82, 2.24) is 10.2 Å². The third-order valence-electron chi connectivity index (χ3n) is 6.12. The number of nitrogens with zero attached hydrogens (tertiary/aromatic N) is 2. The molecular weight excluding hydrogens is 505 g/mol. The Labute approximate surface area is 224 Å². The van der Waals surface area contributed by atoms with E-state index in [2.05, 4.69) is 5.32 Å². The number of benzene rings is 3. The van der Waals surface area contributed by atoms with Crippen LogP contribution in [0.2, 0.25) is 0 Å². The Balaban J connectivity index is 2.02. The Kier molecular flexibility index (Phi) is 10.4. The average Bonchev–Trinajstić information content (AvgIpc) is 2.90. The van der Waals surface area contributed by atoms with Gasteiger partial charge in [0.1, 0.15) is 18.4 Å². The maximum Gasteiger partial charge on any atom is 0.244 e. The molecule has 0 saturated carbocycles. The Morgan fingerprint density at radius 3 is 2.13 bits per heavy atom. The number of carbonyl (C=O) groups is 2. The Morgan fingerprint density at radius 2 is 1.53 bits per heavy atom. The van der Waals surface area contributed by atoms with E-state index in [1.54, 1.807) is 48.5 Å². The predicted molar refractivity (Wildman–Crippen MR) is 147 cm³/mol. The Morgan fingerprint density at radius 1 is 0.921 bits per heavy atom. The largest absolute Gasteiger partial charge is 0.354 e. The first kappa shape index (κ1) is 28.8. The van der Waals surface area contributed by atoms with E-state index < -0.39 is 34.3 Å². The number of para-hydroxylation sites is 1. The number of carbonyl (C=O) groups excluding carboxylic acids is 2. The summed E-state index contributed by atoms with van der Waals surface area (Å²) in [5.41, 5.74) is 1.37. The SMILES string of the molecule is CCCCNC(=O)[C@H](Cc1ccccc1)N(Cc1ccccc1F)C(=O)CN(c1ccccc1)S(C)(=O)=O. The average molecular weight is 540 g/mol. The van der Waals surface area contributed by atoms with Gasteiger partial charge in [-0.2, -0.15) is 0 Å². The fourth-order valence-electron chi connectivity index (χ4n) is 4.08. The second-order valence-electron chi connectivity index (χ2n) is 9.07. The maximum absolute atomic E-state index is 14.7. The van der Waals surface area contributed by atoms with Crippen molar-refractivity contribution in [3.63, 3.8) is 0 Å². The van der Waals surface area contributed by atoms with E-state index in [4.69, 9.17) is 0 Å². The molecule has 0 aliphatic carbocycles. The van der Waals surface area contributed by atoms with Gasteiger partial charge in [0.25, 0.3) is 0 Å². The zero-order valence-corrected chi connectivity index (χ0v) is 22.5. The molecule has 2 amide bonds. The van der Waals surface area contributed by atoms with Crippen molar-refractivity contribution in [2.45, 2.75) is 38.8 Å². The first-order valence-electron chi connectivity index (χ1n) is 12.6. The van der Waals surface area contributed by atoms with Gasteiger partial charge in [0.15, 0.2) is 0 Å². The van der Waals surface area contributed by atoms with Crippen molar-refractivity contribution in [2.75, 3.05) is 23.7 Å². The number of rotatable bonds is 13. The molecule has 3 aromatic carbocycles. The van der Waals surface area contributed by atoms with Gasteiger partial charge in [0, 0.05) is 25.1 Å². The summed E-state index contributed by atoms with van der Waals surface area (Å²) >= 11 is 0. The topological polar surface area (TPSA) is 86.8 Å². The lowest BCUT2D eigenvalue weighted by Crippen LogP contribution is -2.53. The highest BCUT2D eigenvalue weighted by molar-refractivity contribution is 7.92. The molecule has 7 nitrogen and oxygen atoms in total. The molecule has 1 atom stereocenters. The second-order valence-corrected chi connectivity index (χ2v) is 11.0. The maximum atomic E-state index is 14.7. The molecule has 202 valence electrons. The van der Waals surface area contributed by atoms with E-state index in [9.17, 15) is 22.4 Å². The molecule has 0 aliphatic heterocycles. The van der Waals surface area contributed by atoms with E-state index in [1.807, 2.05) is 37.3 Å². The molecule has 38 heavy (non-hydrogen) atoms. The van der Waals surface area contributed by atoms with Crippen LogP contribution in [0.5, 0.6) is 0 Å². The van der Waals surface area contributed by atoms with Crippen molar-refractivity contribution < 1.29 is 22.4 Å². The van der Waals surface area contributed by atoms with Crippen molar-refractivity contribution in [3.8, 4) is 0 Å². The molecule has 0 aliphatic rings. The van der Waals surface area contributed by atoms with Crippen LogP contribution in [-0.4, -0.2) is 50.5 Å². The molecule has 0 spiro atoms. The molecule has 0 saturated heterocycles. The summed E-state index contributed by atoms with van der Waals surface area (Å²) in [5.74, 6) is -1.51. The van der Waals surface area contributed by atoms with Gasteiger partial charge in [0.05, 0.1) is 11.9 Å². The monoisotopic (exact) mass is 539 g/mol. The lowest BCUT2D eigenvalue weighted by Gasteiger charge is -2.33. The Hall–Kier alpha value is -3.72. The zero-order chi connectivity index (χ0) is 27.5. The van der Waals surface area contributed by atoms with Crippen molar-refractivity contribution >= 4 is 27.5 Å². The smallest absolute Gasteiger partial charge is 0.244 e. The summed E-state index contributed by atoms with van der Waals surface area (Å²) in [6.45, 7) is 1.70. The molecule has 9 heteroatoms. The van der Waals surface area contributed by atoms with Gasteiger partial charge in [-0.3, -0.25) is 13.9 Å². The van der Waals surface area contributed by atoms with Crippen LogP contribution in [0.15, 0.2) is 84.9 Å². The number of amides is 2. The molecule has 0 aromatic heterocycles. The summed E-state index contributed by atoms with van der Waals surface area (Å²) in [5, 5.41) is 2.90. The van der Waals surface area contributed by atoms with Crippen molar-refractivity contribution in [3.05, 3.63) is 102 Å². The Bertz CT molecular complexity index is 1300. The highest BCUT2D eigenvalue weighted by atomic mass is 32.2. The summed E-state index contributed by atoms with van der Waals surface area (Å²) < 4.78 is 41.1. The van der Waals surface area contributed by atoms with Crippen molar-refractivity contribution in [1.29, 1.82) is 0 Å². The number of halogens is 1. The number of hydrogen-bond donors (Lipinski definition) is 1. The molecule has 3 rings (SSSR count). The third kappa shape index (κ3) is 8.14. The number of hydrogen-bond acceptors (Lipinski definition) is 4. The van der Waals surface area contributed by atoms with Gasteiger partial charge in [0.2, 0.25) is 21.8 Å². The second kappa shape index (κ2) is 13.7. The summed E-state index contributed by atoms with van der Waals surface area (Å²) in [4.78, 5) is 28.6. The summed E-state index contributed by atoms with van der Waals surface area (Å²) in [6, 6.07) is 22.6. The van der Waals surface area contributed by atoms with Gasteiger partial charge in [-0.15, -0.1) is 0 Å². The van der Waals surface area contributed by atoms with Gasteiger partial charge in [-0.05, 0) is 30.2 Å². The van der Waals surface area contributed by atoms with E-state index in [-0.39, 0.29) is 24.4 Å². The lowest BCUT2D eigenvalue weighted by molar-refractivity contribution is -0.140. The number of sulfonamides is 1. The van der Waals surface area contributed by atoms with Crippen LogP contribution in [0.25, 0.3) is 0 Å². The summed E-state index contributed by atoms with van der Waals surface area (Å²) in [6.07, 6.45) is 2.85. The highest BCUT2D eigenvalue weighted by Crippen LogP contribution is 2.20. The van der Waals surface area contributed by atoms with Crippen LogP contribution in [0.4, 0.5) is 10.1 Å². The minimum atomic E-state index is -3.84. The lowest BCUT2D eigenvalue weighted by atomic mass is 10.0. The van der Waals surface area contributed by atoms with Crippen LogP contribution >= 0.6 is 0 Å². The van der Waals surface area contributed by atoms with Gasteiger partial charge in [-0.25, -0.2) is 12.8 Å².